The number of fused-ring (bicyclic) bond motifs is 1. The summed E-state index contributed by atoms with van der Waals surface area (Å²) in [5, 5.41) is 3.40. The average Bonchev–Trinajstić information content (AvgIpc) is 3.08. The maximum atomic E-state index is 12.1. The summed E-state index contributed by atoms with van der Waals surface area (Å²) in [6, 6.07) is 11.7. The van der Waals surface area contributed by atoms with E-state index in [0.29, 0.717) is 23.1 Å². The first-order valence-electron chi connectivity index (χ1n) is 8.44. The number of rotatable bonds is 6. The topological polar surface area (TPSA) is 52.0 Å². The fraction of sp³-hybridized carbons (Fsp3) is 0.250. The number of ether oxygens (including phenoxy) is 2. The highest BCUT2D eigenvalue weighted by Gasteiger charge is 2.17. The van der Waals surface area contributed by atoms with E-state index in [-0.39, 0.29) is 12.7 Å². The summed E-state index contributed by atoms with van der Waals surface area (Å²) in [7, 11) is 4.21. The molecule has 136 valence electrons. The van der Waals surface area contributed by atoms with Crippen molar-refractivity contribution in [3.05, 3.63) is 64.2 Å². The van der Waals surface area contributed by atoms with Crippen molar-refractivity contribution in [1.82, 2.24) is 5.32 Å². The zero-order chi connectivity index (χ0) is 18.5. The van der Waals surface area contributed by atoms with E-state index in [1.165, 1.54) is 16.5 Å². The van der Waals surface area contributed by atoms with Crippen molar-refractivity contribution in [2.75, 3.05) is 20.9 Å². The molecule has 2 N–H and O–H groups in total. The number of carbonyl (C=O) groups excluding carboxylic acids is 1. The number of benzene rings is 2. The number of quaternary nitrogens is 1. The third-order valence-corrected chi connectivity index (χ3v) is 4.27. The molecule has 0 saturated heterocycles. The molecule has 0 radical (unpaired) electrons. The van der Waals surface area contributed by atoms with Crippen molar-refractivity contribution >= 4 is 23.6 Å². The van der Waals surface area contributed by atoms with Crippen LogP contribution in [0.5, 0.6) is 11.5 Å². The van der Waals surface area contributed by atoms with E-state index in [1.54, 1.807) is 18.2 Å². The predicted octanol–water partition coefficient (Wildman–Crippen LogP) is 2.04. The van der Waals surface area contributed by atoms with Gasteiger partial charge in [-0.2, -0.15) is 0 Å². The molecule has 0 unspecified atom stereocenters. The van der Waals surface area contributed by atoms with Crippen LogP contribution in [0.4, 0.5) is 0 Å². The van der Waals surface area contributed by atoms with Crippen LogP contribution in [0.15, 0.2) is 42.5 Å². The van der Waals surface area contributed by atoms with Crippen LogP contribution in [0.25, 0.3) is 6.08 Å². The Morgan fingerprint density at radius 1 is 1.23 bits per heavy atom. The molecule has 0 spiro atoms. The van der Waals surface area contributed by atoms with E-state index in [2.05, 4.69) is 25.5 Å². The number of halogens is 1. The molecule has 5 nitrogen and oxygen atoms in total. The summed E-state index contributed by atoms with van der Waals surface area (Å²) >= 11 is 6.15. The lowest BCUT2D eigenvalue weighted by molar-refractivity contribution is -0.872. The summed E-state index contributed by atoms with van der Waals surface area (Å²) in [6.07, 6.45) is 3.20. The molecule has 1 amide bonds. The molecule has 0 saturated carbocycles. The number of carbonyl (C=O) groups is 1. The van der Waals surface area contributed by atoms with Gasteiger partial charge in [-0.1, -0.05) is 35.9 Å². The monoisotopic (exact) mass is 373 g/mol. The van der Waals surface area contributed by atoms with Gasteiger partial charge in [0.05, 0.1) is 19.1 Å². The molecule has 3 rings (SSSR count). The Morgan fingerprint density at radius 2 is 2.00 bits per heavy atom. The fourth-order valence-electron chi connectivity index (χ4n) is 2.78. The van der Waals surface area contributed by atoms with Gasteiger partial charge in [-0.25, -0.2) is 0 Å². The molecule has 2 aromatic rings. The van der Waals surface area contributed by atoms with Crippen molar-refractivity contribution in [2.45, 2.75) is 13.1 Å². The second-order valence-corrected chi connectivity index (χ2v) is 6.85. The molecule has 1 aliphatic rings. The lowest BCUT2D eigenvalue weighted by Gasteiger charge is -2.12. The molecule has 6 heteroatoms. The minimum absolute atomic E-state index is 0.161. The molecule has 0 bridgehead atoms. The van der Waals surface area contributed by atoms with Gasteiger partial charge in [-0.05, 0) is 29.3 Å². The van der Waals surface area contributed by atoms with E-state index in [1.807, 2.05) is 18.2 Å². The maximum absolute atomic E-state index is 12.1. The SMILES string of the molecule is C[NH+](C)Cc1ccccc1CNC(=O)/C=C/c1cc(Cl)c2c(c1)OCO2. The average molecular weight is 374 g/mol. The molecular formula is C20H22ClN2O3+. The van der Waals surface area contributed by atoms with Gasteiger partial charge < -0.3 is 19.7 Å². The Hall–Kier alpha value is -2.50. The molecular weight excluding hydrogens is 352 g/mol. The van der Waals surface area contributed by atoms with E-state index in [4.69, 9.17) is 21.1 Å². The zero-order valence-corrected chi connectivity index (χ0v) is 15.6. The smallest absolute Gasteiger partial charge is 0.244 e. The van der Waals surface area contributed by atoms with Crippen LogP contribution in [0.3, 0.4) is 0 Å². The first kappa shape index (κ1) is 18.3. The van der Waals surface area contributed by atoms with Crippen molar-refractivity contribution < 1.29 is 19.2 Å². The second kappa shape index (κ2) is 8.25. The number of hydrogen-bond donors (Lipinski definition) is 2. The van der Waals surface area contributed by atoms with Crippen LogP contribution >= 0.6 is 11.6 Å². The second-order valence-electron chi connectivity index (χ2n) is 6.44. The van der Waals surface area contributed by atoms with Gasteiger partial charge in [0.2, 0.25) is 12.7 Å². The molecule has 0 aliphatic carbocycles. The van der Waals surface area contributed by atoms with E-state index >= 15 is 0 Å². The van der Waals surface area contributed by atoms with Gasteiger partial charge in [0, 0.05) is 18.2 Å². The minimum Gasteiger partial charge on any atom is -0.454 e. The maximum Gasteiger partial charge on any atom is 0.244 e. The quantitative estimate of drug-likeness (QED) is 0.762. The van der Waals surface area contributed by atoms with E-state index in [9.17, 15) is 4.79 Å². The highest BCUT2D eigenvalue weighted by atomic mass is 35.5. The van der Waals surface area contributed by atoms with Crippen molar-refractivity contribution in [3.63, 3.8) is 0 Å². The summed E-state index contributed by atoms with van der Waals surface area (Å²) in [5.74, 6) is 0.983. The molecule has 2 aromatic carbocycles. The molecule has 1 aliphatic heterocycles. The van der Waals surface area contributed by atoms with Gasteiger partial charge in [0.1, 0.15) is 6.54 Å². The first-order valence-corrected chi connectivity index (χ1v) is 8.81. The lowest BCUT2D eigenvalue weighted by atomic mass is 10.1. The van der Waals surface area contributed by atoms with E-state index < -0.39 is 0 Å². The third-order valence-electron chi connectivity index (χ3n) is 3.99. The van der Waals surface area contributed by atoms with Gasteiger partial charge >= 0.3 is 0 Å². The third kappa shape index (κ3) is 4.56. The van der Waals surface area contributed by atoms with Gasteiger partial charge in [-0.15, -0.1) is 0 Å². The van der Waals surface area contributed by atoms with Gasteiger partial charge in [0.15, 0.2) is 11.5 Å². The Kier molecular flexibility index (Phi) is 5.81. The predicted molar refractivity (Wildman–Crippen MR) is 101 cm³/mol. The van der Waals surface area contributed by atoms with Crippen LogP contribution in [-0.2, 0) is 17.9 Å². The number of hydrogen-bond acceptors (Lipinski definition) is 3. The van der Waals surface area contributed by atoms with E-state index in [0.717, 1.165) is 17.7 Å². The standard InChI is InChI=1S/C20H21ClN2O3/c1-23(2)12-16-6-4-3-5-15(16)11-22-19(24)8-7-14-9-17(21)20-18(10-14)25-13-26-20/h3-10H,11-13H2,1-2H3,(H,22,24)/p+1/b8-7+. The van der Waals surface area contributed by atoms with Crippen molar-refractivity contribution in [2.24, 2.45) is 0 Å². The summed E-state index contributed by atoms with van der Waals surface area (Å²) in [6.45, 7) is 1.57. The van der Waals surface area contributed by atoms with Crippen LogP contribution in [0.1, 0.15) is 16.7 Å². The summed E-state index contributed by atoms with van der Waals surface area (Å²) in [4.78, 5) is 13.5. The largest absolute Gasteiger partial charge is 0.454 e. The summed E-state index contributed by atoms with van der Waals surface area (Å²) in [5.41, 5.74) is 3.15. The van der Waals surface area contributed by atoms with Crippen molar-refractivity contribution in [3.8, 4) is 11.5 Å². The fourth-order valence-corrected chi connectivity index (χ4v) is 3.05. The van der Waals surface area contributed by atoms with Crippen LogP contribution in [0, 0.1) is 0 Å². The Morgan fingerprint density at radius 3 is 2.77 bits per heavy atom. The van der Waals surface area contributed by atoms with Gasteiger partial charge in [-0.3, -0.25) is 4.79 Å². The normalized spacial score (nSPS) is 12.8. The van der Waals surface area contributed by atoms with Crippen molar-refractivity contribution in [1.29, 1.82) is 0 Å². The van der Waals surface area contributed by atoms with Crippen LogP contribution in [-0.4, -0.2) is 26.8 Å². The Balaban J connectivity index is 1.61. The Labute approximate surface area is 158 Å². The Bertz CT molecular complexity index is 834. The van der Waals surface area contributed by atoms with Crippen LogP contribution < -0.4 is 19.7 Å². The molecule has 26 heavy (non-hydrogen) atoms. The molecule has 0 fully saturated rings. The van der Waals surface area contributed by atoms with Gasteiger partial charge in [0.25, 0.3) is 0 Å². The van der Waals surface area contributed by atoms with Crippen LogP contribution in [0.2, 0.25) is 5.02 Å². The first-order chi connectivity index (χ1) is 12.5. The zero-order valence-electron chi connectivity index (χ0n) is 14.8. The number of amides is 1. The molecule has 1 heterocycles. The highest BCUT2D eigenvalue weighted by molar-refractivity contribution is 6.32. The highest BCUT2D eigenvalue weighted by Crippen LogP contribution is 2.40. The number of nitrogens with one attached hydrogen (secondary N) is 2. The lowest BCUT2D eigenvalue weighted by Crippen LogP contribution is -3.04. The molecule has 0 aromatic heterocycles. The minimum atomic E-state index is -0.161. The molecule has 0 atom stereocenters. The summed E-state index contributed by atoms with van der Waals surface area (Å²) < 4.78 is 10.6.